The summed E-state index contributed by atoms with van der Waals surface area (Å²) in [5.74, 6) is -1.46. The summed E-state index contributed by atoms with van der Waals surface area (Å²) in [6, 6.07) is 12.6. The van der Waals surface area contributed by atoms with Gasteiger partial charge in [-0.2, -0.15) is 0 Å². The molecule has 0 radical (unpaired) electrons. The summed E-state index contributed by atoms with van der Waals surface area (Å²) in [4.78, 5) is 42.0. The Bertz CT molecular complexity index is 1090. The second-order valence-corrected chi connectivity index (χ2v) is 6.86. The van der Waals surface area contributed by atoms with Gasteiger partial charge in [0.2, 0.25) is 5.91 Å². The third-order valence-corrected chi connectivity index (χ3v) is 4.71. The Kier molecular flexibility index (Phi) is 6.96. The van der Waals surface area contributed by atoms with E-state index >= 15 is 0 Å². The average Bonchev–Trinajstić information content (AvgIpc) is 3.11. The summed E-state index contributed by atoms with van der Waals surface area (Å²) in [7, 11) is 0. The van der Waals surface area contributed by atoms with Crippen LogP contribution in [0.25, 0.3) is 11.0 Å². The molecule has 3 rings (SSSR count). The van der Waals surface area contributed by atoms with Crippen molar-refractivity contribution in [2.45, 2.75) is 26.3 Å². The number of hydrogen-bond donors (Lipinski definition) is 1. The number of benzene rings is 2. The van der Waals surface area contributed by atoms with Crippen molar-refractivity contribution in [1.82, 2.24) is 9.55 Å². The number of esters is 1. The Balaban J connectivity index is 1.68. The molecule has 9 heteroatoms. The third kappa shape index (κ3) is 5.44. The standard InChI is InChI=1S/C22H23FN4O4/c1-2-20-25-17-5-3-4-6-18(17)27(20)13-22(30)31-14-21(29)26(12-11-19(24)28)16-9-7-15(23)8-10-16/h3-10H,2,11-14H2,1H3,(H2,24,28). The Morgan fingerprint density at radius 3 is 2.52 bits per heavy atom. The van der Waals surface area contributed by atoms with E-state index in [1.807, 2.05) is 31.2 Å². The molecular weight excluding hydrogens is 403 g/mol. The predicted octanol–water partition coefficient (Wildman–Crippen LogP) is 2.19. The Hall–Kier alpha value is -3.75. The molecule has 0 bridgehead atoms. The fraction of sp³-hybridized carbons (Fsp3) is 0.273. The molecular formula is C22H23FN4O4. The molecule has 1 heterocycles. The summed E-state index contributed by atoms with van der Waals surface area (Å²) in [6.07, 6.45) is 0.546. The number of halogens is 1. The Morgan fingerprint density at radius 1 is 1.13 bits per heavy atom. The van der Waals surface area contributed by atoms with Gasteiger partial charge in [0.25, 0.3) is 5.91 Å². The molecule has 2 amide bonds. The van der Waals surface area contributed by atoms with Crippen molar-refractivity contribution in [3.05, 3.63) is 60.2 Å². The second-order valence-electron chi connectivity index (χ2n) is 6.86. The first-order valence-electron chi connectivity index (χ1n) is 9.83. The molecule has 0 aliphatic carbocycles. The lowest BCUT2D eigenvalue weighted by molar-refractivity contribution is -0.148. The average molecular weight is 426 g/mol. The normalized spacial score (nSPS) is 10.8. The minimum Gasteiger partial charge on any atom is -0.454 e. The van der Waals surface area contributed by atoms with Gasteiger partial charge in [-0.05, 0) is 36.4 Å². The molecule has 0 spiro atoms. The predicted molar refractivity (Wildman–Crippen MR) is 113 cm³/mol. The molecule has 0 aliphatic heterocycles. The van der Waals surface area contributed by atoms with Crippen LogP contribution in [0.1, 0.15) is 19.2 Å². The lowest BCUT2D eigenvalue weighted by Gasteiger charge is -2.22. The molecule has 0 fully saturated rings. The smallest absolute Gasteiger partial charge is 0.326 e. The van der Waals surface area contributed by atoms with E-state index in [2.05, 4.69) is 4.98 Å². The van der Waals surface area contributed by atoms with Gasteiger partial charge in [0.05, 0.1) is 11.0 Å². The first kappa shape index (κ1) is 21.9. The number of amides is 2. The fourth-order valence-electron chi connectivity index (χ4n) is 3.21. The van der Waals surface area contributed by atoms with Gasteiger partial charge in [-0.25, -0.2) is 9.37 Å². The van der Waals surface area contributed by atoms with Crippen LogP contribution < -0.4 is 10.6 Å². The summed E-state index contributed by atoms with van der Waals surface area (Å²) in [5.41, 5.74) is 7.13. The number of carbonyl (C=O) groups is 3. The maximum absolute atomic E-state index is 13.2. The zero-order valence-corrected chi connectivity index (χ0v) is 17.1. The minimum atomic E-state index is -0.597. The summed E-state index contributed by atoms with van der Waals surface area (Å²) in [5, 5.41) is 0. The number of aromatic nitrogens is 2. The second kappa shape index (κ2) is 9.84. The maximum atomic E-state index is 13.2. The van der Waals surface area contributed by atoms with Gasteiger partial charge in [0.1, 0.15) is 18.2 Å². The monoisotopic (exact) mass is 426 g/mol. The van der Waals surface area contributed by atoms with Crippen molar-refractivity contribution in [1.29, 1.82) is 0 Å². The maximum Gasteiger partial charge on any atom is 0.326 e. The van der Waals surface area contributed by atoms with Gasteiger partial charge in [-0.1, -0.05) is 19.1 Å². The number of aryl methyl sites for hydroxylation is 1. The van der Waals surface area contributed by atoms with Crippen LogP contribution >= 0.6 is 0 Å². The molecule has 1 aromatic heterocycles. The van der Waals surface area contributed by atoms with E-state index in [4.69, 9.17) is 10.5 Å². The van der Waals surface area contributed by atoms with Gasteiger partial charge in [0, 0.05) is 25.1 Å². The van der Waals surface area contributed by atoms with E-state index in [1.165, 1.54) is 29.2 Å². The van der Waals surface area contributed by atoms with Gasteiger partial charge >= 0.3 is 5.97 Å². The molecule has 2 aromatic carbocycles. The summed E-state index contributed by atoms with van der Waals surface area (Å²) < 4.78 is 20.2. The van der Waals surface area contributed by atoms with Crippen LogP contribution in [-0.2, 0) is 32.1 Å². The van der Waals surface area contributed by atoms with Crippen molar-refractivity contribution < 1.29 is 23.5 Å². The first-order chi connectivity index (χ1) is 14.9. The van der Waals surface area contributed by atoms with E-state index in [0.29, 0.717) is 12.1 Å². The largest absolute Gasteiger partial charge is 0.454 e. The van der Waals surface area contributed by atoms with Crippen molar-refractivity contribution in [3.8, 4) is 0 Å². The first-order valence-corrected chi connectivity index (χ1v) is 9.83. The SMILES string of the molecule is CCc1nc2ccccc2n1CC(=O)OCC(=O)N(CCC(N)=O)c1ccc(F)cc1. The lowest BCUT2D eigenvalue weighted by Crippen LogP contribution is -2.37. The molecule has 162 valence electrons. The van der Waals surface area contributed by atoms with Crippen molar-refractivity contribution in [2.24, 2.45) is 5.73 Å². The van der Waals surface area contributed by atoms with Crippen LogP contribution in [-0.4, -0.2) is 40.5 Å². The highest BCUT2D eigenvalue weighted by Gasteiger charge is 2.20. The molecule has 2 N–H and O–H groups in total. The van der Waals surface area contributed by atoms with Crippen LogP contribution in [0.5, 0.6) is 0 Å². The number of carbonyl (C=O) groups excluding carboxylic acids is 3. The molecule has 0 unspecified atom stereocenters. The Labute approximate surface area is 178 Å². The van der Waals surface area contributed by atoms with Crippen molar-refractivity contribution in [3.63, 3.8) is 0 Å². The highest BCUT2D eigenvalue weighted by molar-refractivity contribution is 5.95. The van der Waals surface area contributed by atoms with E-state index in [0.717, 1.165) is 16.9 Å². The van der Waals surface area contributed by atoms with E-state index < -0.39 is 30.2 Å². The number of hydrogen-bond acceptors (Lipinski definition) is 5. The highest BCUT2D eigenvalue weighted by Crippen LogP contribution is 2.18. The van der Waals surface area contributed by atoms with E-state index in [-0.39, 0.29) is 19.5 Å². The lowest BCUT2D eigenvalue weighted by atomic mass is 10.2. The molecule has 0 aliphatic rings. The molecule has 8 nitrogen and oxygen atoms in total. The number of rotatable bonds is 9. The number of nitrogens with zero attached hydrogens (tertiary/aromatic N) is 3. The van der Waals surface area contributed by atoms with Gasteiger partial charge in [-0.3, -0.25) is 14.4 Å². The van der Waals surface area contributed by atoms with Crippen LogP contribution in [0.3, 0.4) is 0 Å². The zero-order valence-electron chi connectivity index (χ0n) is 17.1. The number of anilines is 1. The third-order valence-electron chi connectivity index (χ3n) is 4.71. The summed E-state index contributed by atoms with van der Waals surface area (Å²) >= 11 is 0. The molecule has 3 aromatic rings. The van der Waals surface area contributed by atoms with Crippen LogP contribution in [0.2, 0.25) is 0 Å². The number of fused-ring (bicyclic) bond motifs is 1. The number of nitrogens with two attached hydrogens (primary N) is 1. The topological polar surface area (TPSA) is 108 Å². The van der Waals surface area contributed by atoms with Gasteiger partial charge in [0.15, 0.2) is 6.61 Å². The van der Waals surface area contributed by atoms with E-state index in [9.17, 15) is 18.8 Å². The molecule has 0 saturated carbocycles. The van der Waals surface area contributed by atoms with Crippen LogP contribution in [0, 0.1) is 5.82 Å². The van der Waals surface area contributed by atoms with E-state index in [1.54, 1.807) is 4.57 Å². The number of primary amides is 1. The Morgan fingerprint density at radius 2 is 1.84 bits per heavy atom. The highest BCUT2D eigenvalue weighted by atomic mass is 19.1. The van der Waals surface area contributed by atoms with Crippen LogP contribution in [0.15, 0.2) is 48.5 Å². The number of para-hydroxylation sites is 2. The van der Waals surface area contributed by atoms with Crippen molar-refractivity contribution in [2.75, 3.05) is 18.1 Å². The molecule has 31 heavy (non-hydrogen) atoms. The number of ether oxygens (including phenoxy) is 1. The van der Waals surface area contributed by atoms with Gasteiger partial charge in [-0.15, -0.1) is 0 Å². The zero-order chi connectivity index (χ0) is 22.4. The quantitative estimate of drug-likeness (QED) is 0.528. The molecule has 0 saturated heterocycles. The van der Waals surface area contributed by atoms with Crippen molar-refractivity contribution >= 4 is 34.5 Å². The minimum absolute atomic E-state index is 0.0104. The van der Waals surface area contributed by atoms with Gasteiger partial charge < -0.3 is 19.9 Å². The fourth-order valence-corrected chi connectivity index (χ4v) is 3.21. The number of imidazole rings is 1. The van der Waals surface area contributed by atoms with Crippen LogP contribution in [0.4, 0.5) is 10.1 Å². The molecule has 0 atom stereocenters. The summed E-state index contributed by atoms with van der Waals surface area (Å²) in [6.45, 7) is 1.31.